The van der Waals surface area contributed by atoms with Crippen LogP contribution in [0.3, 0.4) is 0 Å². The van der Waals surface area contributed by atoms with Crippen LogP contribution in [0.15, 0.2) is 35.1 Å². The third-order valence-corrected chi connectivity index (χ3v) is 4.34. The lowest BCUT2D eigenvalue weighted by molar-refractivity contribution is -0.121. The number of benzene rings is 1. The van der Waals surface area contributed by atoms with E-state index in [1.165, 1.54) is 0 Å². The summed E-state index contributed by atoms with van der Waals surface area (Å²) in [6.45, 7) is 6.51. The third kappa shape index (κ3) is 3.83. The van der Waals surface area contributed by atoms with Crippen molar-refractivity contribution in [3.63, 3.8) is 0 Å². The van der Waals surface area contributed by atoms with Gasteiger partial charge < -0.3 is 10.1 Å². The molecule has 2 heterocycles. The van der Waals surface area contributed by atoms with E-state index in [1.54, 1.807) is 11.5 Å². The van der Waals surface area contributed by atoms with Gasteiger partial charge in [0.15, 0.2) is 0 Å². The average molecular weight is 329 g/mol. The minimum atomic E-state index is -0.138. The highest BCUT2D eigenvalue weighted by atomic mass is 16.5. The molecule has 1 aliphatic rings. The van der Waals surface area contributed by atoms with Crippen LogP contribution in [0.1, 0.15) is 5.56 Å². The summed E-state index contributed by atoms with van der Waals surface area (Å²) in [7, 11) is 0. The minimum Gasteiger partial charge on any atom is -0.379 e. The molecule has 1 fully saturated rings. The van der Waals surface area contributed by atoms with E-state index >= 15 is 0 Å². The minimum absolute atomic E-state index is 0.0458. The van der Waals surface area contributed by atoms with Crippen LogP contribution >= 0.6 is 0 Å². The quantitative estimate of drug-likeness (QED) is 0.880. The molecule has 0 aliphatic carbocycles. The predicted octanol–water partition coefficient (Wildman–Crippen LogP) is 0.758. The molecule has 2 aromatic rings. The molecule has 128 valence electrons. The Labute approximate surface area is 141 Å². The maximum Gasteiger partial charge on any atom is 0.254 e. The first kappa shape index (κ1) is 16.7. The lowest BCUT2D eigenvalue weighted by atomic mass is 10.1. The smallest absolute Gasteiger partial charge is 0.254 e. The zero-order chi connectivity index (χ0) is 16.9. The zero-order valence-corrected chi connectivity index (χ0v) is 14.0. The number of fused-ring (bicyclic) bond motifs is 1. The molecule has 6 nitrogen and oxygen atoms in total. The average Bonchev–Trinajstić information content (AvgIpc) is 2.60. The summed E-state index contributed by atoms with van der Waals surface area (Å²) in [6, 6.07) is 9.50. The molecule has 0 radical (unpaired) electrons. The molecule has 0 atom stereocenters. The highest BCUT2D eigenvalue weighted by Crippen LogP contribution is 2.12. The van der Waals surface area contributed by atoms with E-state index in [-0.39, 0.29) is 18.0 Å². The Kier molecular flexibility index (Phi) is 5.27. The van der Waals surface area contributed by atoms with Crippen LogP contribution in [-0.2, 0) is 16.1 Å². The molecule has 0 unspecified atom stereocenters. The molecular formula is C18H23N3O3. The largest absolute Gasteiger partial charge is 0.379 e. The number of aryl methyl sites for hydroxylation is 1. The second kappa shape index (κ2) is 7.59. The highest BCUT2D eigenvalue weighted by molar-refractivity contribution is 5.82. The molecule has 0 spiro atoms. The fraction of sp³-hybridized carbons (Fsp3) is 0.444. The van der Waals surface area contributed by atoms with Crippen LogP contribution in [0.25, 0.3) is 10.9 Å². The summed E-state index contributed by atoms with van der Waals surface area (Å²) < 4.78 is 6.85. The number of carbonyl (C=O) groups excluding carboxylic acids is 1. The van der Waals surface area contributed by atoms with E-state index in [0.717, 1.165) is 43.8 Å². The molecule has 24 heavy (non-hydrogen) atoms. The van der Waals surface area contributed by atoms with Gasteiger partial charge in [-0.2, -0.15) is 0 Å². The number of carbonyl (C=O) groups is 1. The lowest BCUT2D eigenvalue weighted by Gasteiger charge is -2.26. The summed E-state index contributed by atoms with van der Waals surface area (Å²) in [5, 5.41) is 3.88. The SMILES string of the molecule is Cc1cc2ccccc2n(CC(=O)NCCN2CCOCC2)c1=O. The van der Waals surface area contributed by atoms with Crippen molar-refractivity contribution in [2.75, 3.05) is 39.4 Å². The molecule has 1 saturated heterocycles. The van der Waals surface area contributed by atoms with E-state index in [9.17, 15) is 9.59 Å². The fourth-order valence-electron chi connectivity index (χ4n) is 3.01. The predicted molar refractivity (Wildman–Crippen MR) is 93.2 cm³/mol. The number of aromatic nitrogens is 1. The zero-order valence-electron chi connectivity index (χ0n) is 14.0. The van der Waals surface area contributed by atoms with Gasteiger partial charge in [0.25, 0.3) is 5.56 Å². The molecule has 1 aliphatic heterocycles. The summed E-state index contributed by atoms with van der Waals surface area (Å²) in [6.07, 6.45) is 0. The van der Waals surface area contributed by atoms with Gasteiger partial charge in [-0.15, -0.1) is 0 Å². The summed E-state index contributed by atoms with van der Waals surface area (Å²) >= 11 is 0. The van der Waals surface area contributed by atoms with Crippen molar-refractivity contribution in [1.82, 2.24) is 14.8 Å². The number of amides is 1. The van der Waals surface area contributed by atoms with Gasteiger partial charge in [-0.1, -0.05) is 18.2 Å². The second-order valence-electron chi connectivity index (χ2n) is 6.08. The van der Waals surface area contributed by atoms with Crippen LogP contribution in [0.2, 0.25) is 0 Å². The topological polar surface area (TPSA) is 63.6 Å². The van der Waals surface area contributed by atoms with Crippen LogP contribution in [0, 0.1) is 6.92 Å². The Balaban J connectivity index is 1.65. The fourth-order valence-corrected chi connectivity index (χ4v) is 3.01. The maximum atomic E-state index is 12.4. The van der Waals surface area contributed by atoms with Gasteiger partial charge in [0.1, 0.15) is 6.54 Å². The van der Waals surface area contributed by atoms with Crippen molar-refractivity contribution in [1.29, 1.82) is 0 Å². The monoisotopic (exact) mass is 329 g/mol. The van der Waals surface area contributed by atoms with Gasteiger partial charge in [0, 0.05) is 31.7 Å². The van der Waals surface area contributed by atoms with Crippen molar-refractivity contribution in [2.24, 2.45) is 0 Å². The van der Waals surface area contributed by atoms with Crippen molar-refractivity contribution in [2.45, 2.75) is 13.5 Å². The molecule has 0 saturated carbocycles. The molecular weight excluding hydrogens is 306 g/mol. The van der Waals surface area contributed by atoms with Gasteiger partial charge in [-0.05, 0) is 24.4 Å². The van der Waals surface area contributed by atoms with Crippen molar-refractivity contribution < 1.29 is 9.53 Å². The third-order valence-electron chi connectivity index (χ3n) is 4.34. The number of hydrogen-bond acceptors (Lipinski definition) is 4. The lowest BCUT2D eigenvalue weighted by Crippen LogP contribution is -2.42. The van der Waals surface area contributed by atoms with Crippen LogP contribution in [-0.4, -0.2) is 54.8 Å². The number of para-hydroxylation sites is 1. The number of nitrogens with one attached hydrogen (secondary N) is 1. The molecule has 1 aromatic carbocycles. The van der Waals surface area contributed by atoms with Gasteiger partial charge in [-0.3, -0.25) is 19.1 Å². The Hall–Kier alpha value is -2.18. The number of rotatable bonds is 5. The van der Waals surface area contributed by atoms with Crippen molar-refractivity contribution in [3.05, 3.63) is 46.2 Å². The van der Waals surface area contributed by atoms with Gasteiger partial charge >= 0.3 is 0 Å². The summed E-state index contributed by atoms with van der Waals surface area (Å²) in [4.78, 5) is 26.9. The van der Waals surface area contributed by atoms with Crippen LogP contribution in [0.5, 0.6) is 0 Å². The van der Waals surface area contributed by atoms with E-state index in [0.29, 0.717) is 12.1 Å². The Morgan fingerprint density at radius 1 is 1.25 bits per heavy atom. The number of pyridine rings is 1. The van der Waals surface area contributed by atoms with Gasteiger partial charge in [0.2, 0.25) is 5.91 Å². The normalized spacial score (nSPS) is 15.5. The Morgan fingerprint density at radius 2 is 2.00 bits per heavy atom. The van der Waals surface area contributed by atoms with Gasteiger partial charge in [-0.25, -0.2) is 0 Å². The highest BCUT2D eigenvalue weighted by Gasteiger charge is 2.12. The molecule has 6 heteroatoms. The maximum absolute atomic E-state index is 12.4. The Morgan fingerprint density at radius 3 is 2.79 bits per heavy atom. The number of morpholine rings is 1. The molecule has 1 amide bonds. The van der Waals surface area contributed by atoms with E-state index in [1.807, 2.05) is 30.3 Å². The Bertz CT molecular complexity index is 779. The van der Waals surface area contributed by atoms with E-state index in [2.05, 4.69) is 10.2 Å². The molecule has 1 aromatic heterocycles. The first-order chi connectivity index (χ1) is 11.6. The molecule has 0 bridgehead atoms. The van der Waals surface area contributed by atoms with Crippen molar-refractivity contribution >= 4 is 16.8 Å². The second-order valence-corrected chi connectivity index (χ2v) is 6.08. The first-order valence-corrected chi connectivity index (χ1v) is 8.31. The summed E-state index contributed by atoms with van der Waals surface area (Å²) in [5.41, 5.74) is 1.32. The van der Waals surface area contributed by atoms with Crippen LogP contribution < -0.4 is 10.9 Å². The van der Waals surface area contributed by atoms with Gasteiger partial charge in [0.05, 0.1) is 18.7 Å². The molecule has 1 N–H and O–H groups in total. The number of ether oxygens (including phenoxy) is 1. The summed E-state index contributed by atoms with van der Waals surface area (Å²) in [5.74, 6) is -0.138. The number of hydrogen-bond donors (Lipinski definition) is 1. The van der Waals surface area contributed by atoms with E-state index in [4.69, 9.17) is 4.74 Å². The molecule has 3 rings (SSSR count). The number of nitrogens with zero attached hydrogens (tertiary/aromatic N) is 2. The van der Waals surface area contributed by atoms with E-state index < -0.39 is 0 Å². The first-order valence-electron chi connectivity index (χ1n) is 8.31. The standard InChI is InChI=1S/C18H23N3O3/c1-14-12-15-4-2-3-5-16(15)21(18(14)23)13-17(22)19-6-7-20-8-10-24-11-9-20/h2-5,12H,6-11,13H2,1H3,(H,19,22). The van der Waals surface area contributed by atoms with Crippen molar-refractivity contribution in [3.8, 4) is 0 Å². The van der Waals surface area contributed by atoms with Crippen LogP contribution in [0.4, 0.5) is 0 Å².